The van der Waals surface area contributed by atoms with Gasteiger partial charge in [0.15, 0.2) is 0 Å². The molecule has 4 rings (SSSR count). The number of aromatic nitrogens is 1. The third kappa shape index (κ3) is 4.90. The molecule has 2 heterocycles. The highest BCUT2D eigenvalue weighted by Crippen LogP contribution is 2.23. The van der Waals surface area contributed by atoms with E-state index in [1.807, 2.05) is 26.0 Å². The first kappa shape index (κ1) is 24.1. The predicted octanol–water partition coefficient (Wildman–Crippen LogP) is 3.49. The highest BCUT2D eigenvalue weighted by molar-refractivity contribution is 7.89. The van der Waals surface area contributed by atoms with Crippen molar-refractivity contribution in [3.8, 4) is 0 Å². The van der Waals surface area contributed by atoms with Crippen molar-refractivity contribution in [3.63, 3.8) is 0 Å². The molecule has 1 aliphatic heterocycles. The average molecular weight is 486 g/mol. The Labute approximate surface area is 198 Å². The van der Waals surface area contributed by atoms with Crippen molar-refractivity contribution in [1.29, 1.82) is 0 Å². The summed E-state index contributed by atoms with van der Waals surface area (Å²) in [6.07, 6.45) is 1.75. The van der Waals surface area contributed by atoms with Crippen molar-refractivity contribution < 1.29 is 17.6 Å². The van der Waals surface area contributed by atoms with E-state index < -0.39 is 15.8 Å². The van der Waals surface area contributed by atoms with Gasteiger partial charge < -0.3 is 9.88 Å². The number of carbonyl (C=O) groups excluding carboxylic acids is 1. The number of nitrogens with one attached hydrogen (secondary N) is 1. The van der Waals surface area contributed by atoms with Crippen LogP contribution < -0.4 is 5.56 Å². The number of likely N-dealkylation sites (tertiary alicyclic amines) is 1. The number of nitrogens with zero attached hydrogens (tertiary/aromatic N) is 2. The number of H-pyrrole nitrogens is 1. The molecule has 2 aromatic carbocycles. The molecule has 1 aromatic heterocycles. The zero-order chi connectivity index (χ0) is 24.5. The molecule has 0 unspecified atom stereocenters. The molecule has 1 aliphatic rings. The van der Waals surface area contributed by atoms with Gasteiger partial charge in [-0.25, -0.2) is 12.8 Å². The summed E-state index contributed by atoms with van der Waals surface area (Å²) in [6.45, 7) is 4.94. The fourth-order valence-corrected chi connectivity index (χ4v) is 5.80. The van der Waals surface area contributed by atoms with Crippen LogP contribution in [-0.2, 0) is 21.4 Å². The van der Waals surface area contributed by atoms with E-state index >= 15 is 0 Å². The molecule has 0 spiro atoms. The van der Waals surface area contributed by atoms with E-state index in [2.05, 4.69) is 4.98 Å². The van der Waals surface area contributed by atoms with E-state index in [1.54, 1.807) is 11.0 Å². The van der Waals surface area contributed by atoms with Gasteiger partial charge in [0.25, 0.3) is 5.56 Å². The van der Waals surface area contributed by atoms with Gasteiger partial charge >= 0.3 is 0 Å². The molecule has 180 valence electrons. The molecule has 3 aromatic rings. The number of aryl methyl sites for hydroxylation is 2. The van der Waals surface area contributed by atoms with E-state index in [1.165, 1.54) is 16.4 Å². The number of aromatic amines is 1. The molecule has 0 bridgehead atoms. The molecule has 7 nitrogen and oxygen atoms in total. The van der Waals surface area contributed by atoms with Crippen molar-refractivity contribution in [2.45, 2.75) is 44.6 Å². The van der Waals surface area contributed by atoms with Crippen LogP contribution in [0.25, 0.3) is 10.9 Å². The minimum Gasteiger partial charge on any atom is -0.343 e. The average Bonchev–Trinajstić information content (AvgIpc) is 3.21. The minimum atomic E-state index is -4.00. The molecule has 0 aliphatic carbocycles. The smallest absolute Gasteiger partial charge is 0.252 e. The Morgan fingerprint density at radius 2 is 1.76 bits per heavy atom. The highest BCUT2D eigenvalue weighted by atomic mass is 32.2. The van der Waals surface area contributed by atoms with E-state index in [0.717, 1.165) is 40.6 Å². The summed E-state index contributed by atoms with van der Waals surface area (Å²) in [5.41, 5.74) is 2.60. The second-order valence-corrected chi connectivity index (χ2v) is 10.7. The molecule has 1 saturated heterocycles. The van der Waals surface area contributed by atoms with E-state index in [0.29, 0.717) is 31.5 Å². The third-order valence-corrected chi connectivity index (χ3v) is 8.19. The number of pyridine rings is 1. The fraction of sp³-hybridized carbons (Fsp3) is 0.360. The maximum Gasteiger partial charge on any atom is 0.252 e. The number of hydrogen-bond acceptors (Lipinski definition) is 4. The van der Waals surface area contributed by atoms with Crippen molar-refractivity contribution >= 4 is 26.8 Å². The first-order chi connectivity index (χ1) is 16.2. The van der Waals surface area contributed by atoms with Gasteiger partial charge in [-0.3, -0.25) is 9.59 Å². The molecule has 0 saturated carbocycles. The highest BCUT2D eigenvalue weighted by Gasteiger charge is 2.27. The number of benzene rings is 2. The Hall–Kier alpha value is -3.04. The normalized spacial score (nSPS) is 14.5. The lowest BCUT2D eigenvalue weighted by molar-refractivity contribution is -0.127. The summed E-state index contributed by atoms with van der Waals surface area (Å²) >= 11 is 0. The van der Waals surface area contributed by atoms with Crippen LogP contribution in [0.5, 0.6) is 0 Å². The summed E-state index contributed by atoms with van der Waals surface area (Å²) in [5.74, 6) is -0.459. The molecule has 1 amide bonds. The molecule has 0 radical (unpaired) electrons. The van der Waals surface area contributed by atoms with E-state index in [-0.39, 0.29) is 29.5 Å². The summed E-state index contributed by atoms with van der Waals surface area (Å²) in [4.78, 5) is 29.4. The summed E-state index contributed by atoms with van der Waals surface area (Å²) in [6, 6.07) is 10.3. The first-order valence-electron chi connectivity index (χ1n) is 11.3. The number of rotatable bonds is 8. The lowest BCUT2D eigenvalue weighted by Crippen LogP contribution is -2.36. The van der Waals surface area contributed by atoms with Gasteiger partial charge in [-0.05, 0) is 68.1 Å². The van der Waals surface area contributed by atoms with Gasteiger partial charge in [0.2, 0.25) is 15.9 Å². The number of hydrogen-bond donors (Lipinski definition) is 1. The van der Waals surface area contributed by atoms with Gasteiger partial charge in [0.1, 0.15) is 5.82 Å². The van der Waals surface area contributed by atoms with Crippen LogP contribution >= 0.6 is 0 Å². The second-order valence-electron chi connectivity index (χ2n) is 8.74. The standard InChI is InChI=1S/C25H28FN3O4S/c1-17-6-7-18(2)24-22(17)15-19(25(31)27-24)16-29(14-4-13-28-12-3-5-23(28)30)34(32,33)21-10-8-20(26)9-11-21/h6-11,15H,3-5,12-14,16H2,1-2H3,(H,27,31). The molecule has 0 atom stereocenters. The molecular weight excluding hydrogens is 457 g/mol. The molecule has 1 N–H and O–H groups in total. The summed E-state index contributed by atoms with van der Waals surface area (Å²) in [7, 11) is -4.00. The van der Waals surface area contributed by atoms with Crippen molar-refractivity contribution in [2.75, 3.05) is 19.6 Å². The Kier molecular flexibility index (Phi) is 6.86. The van der Waals surface area contributed by atoms with E-state index in [9.17, 15) is 22.4 Å². The first-order valence-corrected chi connectivity index (χ1v) is 12.8. The van der Waals surface area contributed by atoms with Crippen LogP contribution in [0.15, 0.2) is 52.2 Å². The Bertz CT molecular complexity index is 1380. The van der Waals surface area contributed by atoms with Crippen LogP contribution in [0, 0.1) is 19.7 Å². The van der Waals surface area contributed by atoms with Crippen LogP contribution in [0.3, 0.4) is 0 Å². The Morgan fingerprint density at radius 3 is 2.44 bits per heavy atom. The monoisotopic (exact) mass is 485 g/mol. The SMILES string of the molecule is Cc1ccc(C)c2[nH]c(=O)c(CN(CCCN3CCCC3=O)S(=O)(=O)c3ccc(F)cc3)cc12. The Morgan fingerprint density at radius 1 is 1.06 bits per heavy atom. The molecule has 9 heteroatoms. The zero-order valence-electron chi connectivity index (χ0n) is 19.3. The van der Waals surface area contributed by atoms with Gasteiger partial charge in [0, 0.05) is 43.5 Å². The topological polar surface area (TPSA) is 90.6 Å². The number of fused-ring (bicyclic) bond motifs is 1. The third-order valence-electron chi connectivity index (χ3n) is 6.33. The zero-order valence-corrected chi connectivity index (χ0v) is 20.1. The van der Waals surface area contributed by atoms with Crippen LogP contribution in [-0.4, -0.2) is 48.1 Å². The minimum absolute atomic E-state index is 0.0459. The van der Waals surface area contributed by atoms with Crippen LogP contribution in [0.1, 0.15) is 36.0 Å². The van der Waals surface area contributed by atoms with Crippen molar-refractivity contribution in [3.05, 3.63) is 75.3 Å². The van der Waals surface area contributed by atoms with Gasteiger partial charge in [-0.15, -0.1) is 0 Å². The van der Waals surface area contributed by atoms with Crippen LogP contribution in [0.4, 0.5) is 4.39 Å². The van der Waals surface area contributed by atoms with Gasteiger partial charge in [-0.2, -0.15) is 4.31 Å². The summed E-state index contributed by atoms with van der Waals surface area (Å²) < 4.78 is 41.5. The number of amides is 1. The molecule has 34 heavy (non-hydrogen) atoms. The number of carbonyl (C=O) groups is 1. The summed E-state index contributed by atoms with van der Waals surface area (Å²) in [5, 5.41) is 0.858. The second kappa shape index (κ2) is 9.68. The molecule has 1 fully saturated rings. The van der Waals surface area contributed by atoms with Gasteiger partial charge in [0.05, 0.1) is 10.4 Å². The molecular formula is C25H28FN3O4S. The quantitative estimate of drug-likeness (QED) is 0.529. The maximum absolute atomic E-state index is 13.4. The van der Waals surface area contributed by atoms with Gasteiger partial charge in [-0.1, -0.05) is 12.1 Å². The fourth-order valence-electron chi connectivity index (χ4n) is 4.34. The Balaban J connectivity index is 1.66. The largest absolute Gasteiger partial charge is 0.343 e. The van der Waals surface area contributed by atoms with Crippen molar-refractivity contribution in [1.82, 2.24) is 14.2 Å². The maximum atomic E-state index is 13.4. The number of halogens is 1. The lowest BCUT2D eigenvalue weighted by Gasteiger charge is -2.24. The van der Waals surface area contributed by atoms with Crippen molar-refractivity contribution in [2.24, 2.45) is 0 Å². The lowest BCUT2D eigenvalue weighted by atomic mass is 10.0. The van der Waals surface area contributed by atoms with Crippen LogP contribution in [0.2, 0.25) is 0 Å². The number of sulfonamides is 1. The van der Waals surface area contributed by atoms with E-state index in [4.69, 9.17) is 0 Å². The predicted molar refractivity (Wildman–Crippen MR) is 128 cm³/mol.